The van der Waals surface area contributed by atoms with Crippen LogP contribution in [-0.4, -0.2) is 57.3 Å². The van der Waals surface area contributed by atoms with E-state index in [4.69, 9.17) is 4.74 Å². The molecule has 2 heterocycles. The Labute approximate surface area is 157 Å². The second-order valence-corrected chi connectivity index (χ2v) is 9.11. The molecule has 26 heavy (non-hydrogen) atoms. The van der Waals surface area contributed by atoms with Crippen LogP contribution in [0.15, 0.2) is 27.9 Å². The number of fused-ring (bicyclic) bond motifs is 1. The van der Waals surface area contributed by atoms with Crippen LogP contribution in [0.25, 0.3) is 10.2 Å². The summed E-state index contributed by atoms with van der Waals surface area (Å²) in [6.45, 7) is 7.18. The summed E-state index contributed by atoms with van der Waals surface area (Å²) in [6, 6.07) is 4.90. The SMILES string of the molecule is CCCn1c(=O)sc2cc(S(=O)(=O)NCCCN3CCOCC3)ccc21. The number of sulfonamides is 1. The van der Waals surface area contributed by atoms with Gasteiger partial charge in [-0.1, -0.05) is 18.3 Å². The van der Waals surface area contributed by atoms with Crippen molar-refractivity contribution >= 4 is 31.6 Å². The number of aryl methyl sites for hydroxylation is 1. The van der Waals surface area contributed by atoms with Gasteiger partial charge in [0.25, 0.3) is 0 Å². The van der Waals surface area contributed by atoms with Gasteiger partial charge in [-0.15, -0.1) is 0 Å². The van der Waals surface area contributed by atoms with Crippen LogP contribution >= 0.6 is 11.3 Å². The standard InChI is InChI=1S/C17H25N3O4S2/c1-2-7-20-15-5-4-14(13-16(15)25-17(20)21)26(22,23)18-6-3-8-19-9-11-24-12-10-19/h4-5,13,18H,2-3,6-12H2,1H3. The fourth-order valence-corrected chi connectivity index (χ4v) is 5.20. The number of aromatic nitrogens is 1. The summed E-state index contributed by atoms with van der Waals surface area (Å²) >= 11 is 1.09. The quantitative estimate of drug-likeness (QED) is 0.680. The van der Waals surface area contributed by atoms with Crippen molar-refractivity contribution in [3.63, 3.8) is 0 Å². The van der Waals surface area contributed by atoms with E-state index in [9.17, 15) is 13.2 Å². The van der Waals surface area contributed by atoms with Gasteiger partial charge in [0.2, 0.25) is 10.0 Å². The average Bonchev–Trinajstić information content (AvgIpc) is 2.95. The minimum atomic E-state index is -3.57. The van der Waals surface area contributed by atoms with Crippen molar-refractivity contribution in [3.05, 3.63) is 27.9 Å². The summed E-state index contributed by atoms with van der Waals surface area (Å²) < 4.78 is 35.4. The fraction of sp³-hybridized carbons (Fsp3) is 0.588. The van der Waals surface area contributed by atoms with Gasteiger partial charge in [-0.05, 0) is 37.6 Å². The Morgan fingerprint density at radius 1 is 1.23 bits per heavy atom. The van der Waals surface area contributed by atoms with E-state index in [1.165, 1.54) is 0 Å². The minimum Gasteiger partial charge on any atom is -0.379 e. The van der Waals surface area contributed by atoms with Gasteiger partial charge < -0.3 is 4.74 Å². The predicted octanol–water partition coefficient (Wildman–Crippen LogP) is 1.47. The third-order valence-corrected chi connectivity index (χ3v) is 6.84. The Hall–Kier alpha value is -1.26. The number of benzene rings is 1. The Bertz CT molecular complexity index is 898. The minimum absolute atomic E-state index is 0.0464. The summed E-state index contributed by atoms with van der Waals surface area (Å²) in [5, 5.41) is 0. The monoisotopic (exact) mass is 399 g/mol. The van der Waals surface area contributed by atoms with Gasteiger partial charge >= 0.3 is 4.87 Å². The van der Waals surface area contributed by atoms with E-state index in [1.54, 1.807) is 22.8 Å². The van der Waals surface area contributed by atoms with Crippen molar-refractivity contribution in [2.24, 2.45) is 0 Å². The molecule has 1 aromatic heterocycles. The number of nitrogens with one attached hydrogen (secondary N) is 1. The van der Waals surface area contributed by atoms with Crippen molar-refractivity contribution in [1.82, 2.24) is 14.2 Å². The summed E-state index contributed by atoms with van der Waals surface area (Å²) in [7, 11) is -3.57. The van der Waals surface area contributed by atoms with Crippen molar-refractivity contribution in [2.75, 3.05) is 39.4 Å². The summed E-state index contributed by atoms with van der Waals surface area (Å²) in [6.07, 6.45) is 1.61. The zero-order valence-electron chi connectivity index (χ0n) is 14.9. The number of rotatable bonds is 8. The molecule has 7 nitrogen and oxygen atoms in total. The maximum Gasteiger partial charge on any atom is 0.308 e. The van der Waals surface area contributed by atoms with Crippen LogP contribution in [0.1, 0.15) is 19.8 Å². The topological polar surface area (TPSA) is 80.6 Å². The molecule has 1 saturated heterocycles. The first kappa shape index (κ1) is 19.5. The van der Waals surface area contributed by atoms with E-state index in [2.05, 4.69) is 9.62 Å². The lowest BCUT2D eigenvalue weighted by Gasteiger charge is -2.26. The lowest BCUT2D eigenvalue weighted by molar-refractivity contribution is 0.0376. The van der Waals surface area contributed by atoms with E-state index in [0.717, 1.165) is 62.5 Å². The average molecular weight is 400 g/mol. The van der Waals surface area contributed by atoms with Gasteiger partial charge in [0.05, 0.1) is 28.3 Å². The van der Waals surface area contributed by atoms with Crippen LogP contribution in [0.5, 0.6) is 0 Å². The number of hydrogen-bond donors (Lipinski definition) is 1. The zero-order chi connectivity index (χ0) is 18.6. The maximum atomic E-state index is 12.5. The molecule has 0 spiro atoms. The summed E-state index contributed by atoms with van der Waals surface area (Å²) in [4.78, 5) is 14.5. The molecule has 1 aliphatic heterocycles. The Kier molecular flexibility index (Phi) is 6.46. The lowest BCUT2D eigenvalue weighted by Crippen LogP contribution is -2.38. The molecule has 0 atom stereocenters. The van der Waals surface area contributed by atoms with Crippen LogP contribution in [0.2, 0.25) is 0 Å². The van der Waals surface area contributed by atoms with Crippen LogP contribution in [0.3, 0.4) is 0 Å². The van der Waals surface area contributed by atoms with Gasteiger partial charge in [-0.2, -0.15) is 0 Å². The predicted molar refractivity (Wildman–Crippen MR) is 103 cm³/mol. The van der Waals surface area contributed by atoms with Crippen molar-refractivity contribution in [3.8, 4) is 0 Å². The maximum absolute atomic E-state index is 12.5. The molecule has 0 bridgehead atoms. The van der Waals surface area contributed by atoms with E-state index >= 15 is 0 Å². The Balaban J connectivity index is 1.64. The fourth-order valence-electron chi connectivity index (χ4n) is 3.07. The first-order valence-corrected chi connectivity index (χ1v) is 11.2. The van der Waals surface area contributed by atoms with Gasteiger partial charge in [0.15, 0.2) is 0 Å². The number of nitrogens with zero attached hydrogens (tertiary/aromatic N) is 2. The molecule has 144 valence electrons. The second kappa shape index (κ2) is 8.62. The highest BCUT2D eigenvalue weighted by atomic mass is 32.2. The molecule has 0 aliphatic carbocycles. The summed E-state index contributed by atoms with van der Waals surface area (Å²) in [5.74, 6) is 0. The van der Waals surface area contributed by atoms with Crippen LogP contribution in [0.4, 0.5) is 0 Å². The van der Waals surface area contributed by atoms with E-state index in [-0.39, 0.29) is 9.77 Å². The lowest BCUT2D eigenvalue weighted by atomic mass is 10.3. The highest BCUT2D eigenvalue weighted by Crippen LogP contribution is 2.22. The van der Waals surface area contributed by atoms with Gasteiger partial charge in [0, 0.05) is 26.2 Å². The van der Waals surface area contributed by atoms with Crippen LogP contribution < -0.4 is 9.60 Å². The molecule has 0 unspecified atom stereocenters. The molecule has 1 aliphatic rings. The molecule has 1 aromatic carbocycles. The molecular weight excluding hydrogens is 374 g/mol. The molecule has 0 amide bonds. The van der Waals surface area contributed by atoms with E-state index in [1.807, 2.05) is 6.92 Å². The third-order valence-electron chi connectivity index (χ3n) is 4.44. The molecule has 1 fully saturated rings. The highest BCUT2D eigenvalue weighted by Gasteiger charge is 2.17. The number of ether oxygens (including phenoxy) is 1. The smallest absolute Gasteiger partial charge is 0.308 e. The number of thiazole rings is 1. The van der Waals surface area contributed by atoms with E-state index < -0.39 is 10.0 Å². The normalized spacial score (nSPS) is 16.3. The van der Waals surface area contributed by atoms with Crippen molar-refractivity contribution in [2.45, 2.75) is 31.2 Å². The first-order chi connectivity index (χ1) is 12.5. The van der Waals surface area contributed by atoms with Crippen LogP contribution in [0, 0.1) is 0 Å². The molecule has 2 aromatic rings. The summed E-state index contributed by atoms with van der Waals surface area (Å²) in [5.41, 5.74) is 0.799. The molecule has 9 heteroatoms. The highest BCUT2D eigenvalue weighted by molar-refractivity contribution is 7.89. The largest absolute Gasteiger partial charge is 0.379 e. The van der Waals surface area contributed by atoms with Crippen molar-refractivity contribution < 1.29 is 13.2 Å². The molecule has 0 saturated carbocycles. The molecular formula is C17H25N3O4S2. The third kappa shape index (κ3) is 4.52. The van der Waals surface area contributed by atoms with Crippen LogP contribution in [-0.2, 0) is 21.3 Å². The second-order valence-electron chi connectivity index (χ2n) is 6.35. The van der Waals surface area contributed by atoms with Gasteiger partial charge in [-0.3, -0.25) is 14.3 Å². The molecule has 0 radical (unpaired) electrons. The number of morpholine rings is 1. The number of hydrogen-bond acceptors (Lipinski definition) is 6. The van der Waals surface area contributed by atoms with Gasteiger partial charge in [0.1, 0.15) is 0 Å². The molecule has 1 N–H and O–H groups in total. The Morgan fingerprint density at radius 3 is 2.73 bits per heavy atom. The Morgan fingerprint density at radius 2 is 2.00 bits per heavy atom. The molecule has 3 rings (SSSR count). The van der Waals surface area contributed by atoms with E-state index in [0.29, 0.717) is 17.8 Å². The zero-order valence-corrected chi connectivity index (χ0v) is 16.6. The van der Waals surface area contributed by atoms with Crippen molar-refractivity contribution in [1.29, 1.82) is 0 Å². The first-order valence-electron chi connectivity index (χ1n) is 8.94. The van der Waals surface area contributed by atoms with Gasteiger partial charge in [-0.25, -0.2) is 13.1 Å².